The molecule has 1 unspecified atom stereocenters. The molecule has 0 spiro atoms. The van der Waals surface area contributed by atoms with Crippen molar-refractivity contribution in [1.82, 2.24) is 0 Å². The molecule has 138 valence electrons. The van der Waals surface area contributed by atoms with E-state index < -0.39 is 0 Å². The van der Waals surface area contributed by atoms with Crippen molar-refractivity contribution in [3.63, 3.8) is 0 Å². The fourth-order valence-electron chi connectivity index (χ4n) is 5.39. The van der Waals surface area contributed by atoms with Gasteiger partial charge in [-0.15, -0.1) is 0 Å². The topological polar surface area (TPSA) is 9.23 Å². The highest BCUT2D eigenvalue weighted by molar-refractivity contribution is 5.64. The molecule has 4 rings (SSSR count). The number of ether oxygens (including phenoxy) is 1. The van der Waals surface area contributed by atoms with Crippen molar-refractivity contribution < 1.29 is 4.74 Å². The molecule has 2 fully saturated rings. The van der Waals surface area contributed by atoms with Crippen molar-refractivity contribution in [3.05, 3.63) is 54.1 Å². The first-order chi connectivity index (χ1) is 12.8. The van der Waals surface area contributed by atoms with Gasteiger partial charge in [0.15, 0.2) is 0 Å². The Kier molecular flexibility index (Phi) is 5.33. The SMILES string of the molecule is CCC1CC[C@@H]2C[C@H](c3ccc(-c4ccc(OC)cc4)cc3)CC[C@@H]2C1. The number of fused-ring (bicyclic) bond motifs is 1. The van der Waals surface area contributed by atoms with Crippen LogP contribution in [0.2, 0.25) is 0 Å². The highest BCUT2D eigenvalue weighted by Gasteiger charge is 2.35. The minimum atomic E-state index is 0.777. The van der Waals surface area contributed by atoms with Crippen molar-refractivity contribution in [2.75, 3.05) is 7.11 Å². The Morgan fingerprint density at radius 2 is 1.38 bits per heavy atom. The lowest BCUT2D eigenvalue weighted by Crippen LogP contribution is -2.30. The molecule has 0 amide bonds. The molecular weight excluding hydrogens is 316 g/mol. The number of benzene rings is 2. The average molecular weight is 349 g/mol. The molecule has 2 aliphatic rings. The Labute approximate surface area is 158 Å². The van der Waals surface area contributed by atoms with Gasteiger partial charge in [0.05, 0.1) is 7.11 Å². The van der Waals surface area contributed by atoms with E-state index >= 15 is 0 Å². The summed E-state index contributed by atoms with van der Waals surface area (Å²) in [6.45, 7) is 2.38. The monoisotopic (exact) mass is 348 g/mol. The van der Waals surface area contributed by atoms with Crippen LogP contribution in [0.3, 0.4) is 0 Å². The van der Waals surface area contributed by atoms with Crippen molar-refractivity contribution in [1.29, 1.82) is 0 Å². The summed E-state index contributed by atoms with van der Waals surface area (Å²) >= 11 is 0. The fraction of sp³-hybridized carbons (Fsp3) is 0.520. The van der Waals surface area contributed by atoms with Crippen molar-refractivity contribution in [2.24, 2.45) is 17.8 Å². The Morgan fingerprint density at radius 1 is 0.769 bits per heavy atom. The zero-order valence-corrected chi connectivity index (χ0v) is 16.3. The van der Waals surface area contributed by atoms with Crippen LogP contribution in [0.25, 0.3) is 11.1 Å². The second kappa shape index (κ2) is 7.86. The zero-order valence-electron chi connectivity index (χ0n) is 16.3. The lowest BCUT2D eigenvalue weighted by molar-refractivity contribution is 0.116. The van der Waals surface area contributed by atoms with Crippen LogP contribution in [0.15, 0.2) is 48.5 Å². The molecule has 0 aromatic heterocycles. The zero-order chi connectivity index (χ0) is 17.9. The minimum absolute atomic E-state index is 0.777. The Balaban J connectivity index is 1.42. The van der Waals surface area contributed by atoms with Crippen LogP contribution in [-0.4, -0.2) is 7.11 Å². The van der Waals surface area contributed by atoms with E-state index in [1.54, 1.807) is 12.7 Å². The van der Waals surface area contributed by atoms with Gasteiger partial charge in [-0.1, -0.05) is 56.2 Å². The summed E-state index contributed by atoms with van der Waals surface area (Å²) in [6, 6.07) is 17.7. The molecule has 0 radical (unpaired) electrons. The predicted octanol–water partition coefficient (Wildman–Crippen LogP) is 7.07. The molecule has 2 aromatic rings. The van der Waals surface area contributed by atoms with Crippen LogP contribution in [-0.2, 0) is 0 Å². The van der Waals surface area contributed by atoms with E-state index in [9.17, 15) is 0 Å². The molecule has 1 nitrogen and oxygen atoms in total. The second-order valence-electron chi connectivity index (χ2n) is 8.47. The fourth-order valence-corrected chi connectivity index (χ4v) is 5.39. The smallest absolute Gasteiger partial charge is 0.118 e. The summed E-state index contributed by atoms with van der Waals surface area (Å²) in [7, 11) is 1.72. The lowest BCUT2D eigenvalue weighted by atomic mass is 9.63. The molecular formula is C25H32O. The van der Waals surface area contributed by atoms with Gasteiger partial charge >= 0.3 is 0 Å². The molecule has 2 saturated carbocycles. The molecule has 4 atom stereocenters. The number of hydrogen-bond acceptors (Lipinski definition) is 1. The summed E-state index contributed by atoms with van der Waals surface area (Å²) in [4.78, 5) is 0. The van der Waals surface area contributed by atoms with Crippen LogP contribution in [0, 0.1) is 17.8 Å². The van der Waals surface area contributed by atoms with E-state index in [0.717, 1.165) is 29.4 Å². The largest absolute Gasteiger partial charge is 0.497 e. The number of rotatable bonds is 4. The Morgan fingerprint density at radius 3 is 2.04 bits per heavy atom. The van der Waals surface area contributed by atoms with Gasteiger partial charge in [0, 0.05) is 0 Å². The molecule has 2 aliphatic carbocycles. The first-order valence-electron chi connectivity index (χ1n) is 10.5. The standard InChI is InChI=1S/C25H32O/c1-3-18-4-5-24-17-23(11-10-22(24)16-18)21-8-6-19(7-9-21)20-12-14-25(26-2)15-13-20/h6-9,12-15,18,22-24H,3-5,10-11,16-17H2,1-2H3/t18?,22-,23-,24-/m1/s1. The summed E-state index contributed by atoms with van der Waals surface area (Å²) in [5.74, 6) is 4.71. The van der Waals surface area contributed by atoms with E-state index in [-0.39, 0.29) is 0 Å². The molecule has 2 aromatic carbocycles. The average Bonchev–Trinajstić information content (AvgIpc) is 2.73. The Hall–Kier alpha value is -1.76. The second-order valence-corrected chi connectivity index (χ2v) is 8.47. The van der Waals surface area contributed by atoms with Gasteiger partial charge in [0.25, 0.3) is 0 Å². The van der Waals surface area contributed by atoms with Crippen LogP contribution in [0.4, 0.5) is 0 Å². The minimum Gasteiger partial charge on any atom is -0.497 e. The molecule has 0 aliphatic heterocycles. The van der Waals surface area contributed by atoms with E-state index in [4.69, 9.17) is 4.74 Å². The summed E-state index contributed by atoms with van der Waals surface area (Å²) in [6.07, 6.45) is 10.1. The van der Waals surface area contributed by atoms with Crippen molar-refractivity contribution in [2.45, 2.75) is 57.8 Å². The third-order valence-electron chi connectivity index (χ3n) is 7.10. The van der Waals surface area contributed by atoms with E-state index in [1.807, 2.05) is 12.1 Å². The maximum Gasteiger partial charge on any atom is 0.118 e. The van der Waals surface area contributed by atoms with Crippen molar-refractivity contribution in [3.8, 4) is 16.9 Å². The normalized spacial score (nSPS) is 28.4. The maximum atomic E-state index is 5.26. The highest BCUT2D eigenvalue weighted by atomic mass is 16.5. The first kappa shape index (κ1) is 17.6. The van der Waals surface area contributed by atoms with E-state index in [1.165, 1.54) is 56.1 Å². The Bertz CT molecular complexity index is 700. The van der Waals surface area contributed by atoms with Gasteiger partial charge in [0.1, 0.15) is 5.75 Å². The molecule has 1 heteroatoms. The van der Waals surface area contributed by atoms with Crippen LogP contribution in [0.1, 0.15) is 63.4 Å². The molecule has 0 N–H and O–H groups in total. The van der Waals surface area contributed by atoms with Crippen LogP contribution < -0.4 is 4.74 Å². The van der Waals surface area contributed by atoms with Gasteiger partial charge in [-0.25, -0.2) is 0 Å². The van der Waals surface area contributed by atoms with Crippen molar-refractivity contribution >= 4 is 0 Å². The van der Waals surface area contributed by atoms with E-state index in [2.05, 4.69) is 43.3 Å². The third kappa shape index (κ3) is 3.68. The van der Waals surface area contributed by atoms with Gasteiger partial charge in [-0.3, -0.25) is 0 Å². The van der Waals surface area contributed by atoms with E-state index in [0.29, 0.717) is 0 Å². The molecule has 0 heterocycles. The number of methoxy groups -OCH3 is 1. The molecule has 0 bridgehead atoms. The quantitative estimate of drug-likeness (QED) is 0.574. The van der Waals surface area contributed by atoms with Crippen LogP contribution in [0.5, 0.6) is 5.75 Å². The first-order valence-corrected chi connectivity index (χ1v) is 10.5. The molecule has 26 heavy (non-hydrogen) atoms. The maximum absolute atomic E-state index is 5.26. The lowest BCUT2D eigenvalue weighted by Gasteiger charge is -2.42. The highest BCUT2D eigenvalue weighted by Crippen LogP contribution is 2.48. The van der Waals surface area contributed by atoms with Gasteiger partial charge in [-0.05, 0) is 84.6 Å². The summed E-state index contributed by atoms with van der Waals surface area (Å²) in [5, 5.41) is 0. The third-order valence-corrected chi connectivity index (χ3v) is 7.10. The van der Waals surface area contributed by atoms with Gasteiger partial charge in [-0.2, -0.15) is 0 Å². The summed E-state index contributed by atoms with van der Waals surface area (Å²) in [5.41, 5.74) is 4.12. The summed E-state index contributed by atoms with van der Waals surface area (Å²) < 4.78 is 5.26. The van der Waals surface area contributed by atoms with Gasteiger partial charge in [0.2, 0.25) is 0 Å². The van der Waals surface area contributed by atoms with Gasteiger partial charge < -0.3 is 4.74 Å². The predicted molar refractivity (Wildman–Crippen MR) is 110 cm³/mol. The number of hydrogen-bond donors (Lipinski definition) is 0. The molecule has 0 saturated heterocycles. The van der Waals surface area contributed by atoms with Crippen LogP contribution >= 0.6 is 0 Å².